The predicted molar refractivity (Wildman–Crippen MR) is 108 cm³/mol. The van der Waals surface area contributed by atoms with Gasteiger partial charge in [-0.1, -0.05) is 41.6 Å². The third-order valence-corrected chi connectivity index (χ3v) is 5.51. The van der Waals surface area contributed by atoms with Crippen molar-refractivity contribution in [2.45, 2.75) is 25.3 Å². The molecule has 2 aromatic carbocycles. The van der Waals surface area contributed by atoms with Crippen molar-refractivity contribution in [3.05, 3.63) is 72.1 Å². The predicted octanol–water partition coefficient (Wildman–Crippen LogP) is 2.83. The summed E-state index contributed by atoms with van der Waals surface area (Å²) in [5.74, 6) is 1.27. The van der Waals surface area contributed by atoms with E-state index in [1.807, 2.05) is 47.3 Å². The first-order chi connectivity index (χ1) is 14.3. The molecule has 29 heavy (non-hydrogen) atoms. The van der Waals surface area contributed by atoms with Gasteiger partial charge in [0.2, 0.25) is 0 Å². The number of benzene rings is 2. The Balaban J connectivity index is 1.20. The maximum absolute atomic E-state index is 4.35. The van der Waals surface area contributed by atoms with Gasteiger partial charge in [0.25, 0.3) is 0 Å². The van der Waals surface area contributed by atoms with Crippen LogP contribution in [0.25, 0.3) is 17.1 Å². The number of hydrogen-bond acceptors (Lipinski definition) is 6. The summed E-state index contributed by atoms with van der Waals surface area (Å²) in [6.45, 7) is 2.94. The van der Waals surface area contributed by atoms with E-state index in [4.69, 9.17) is 0 Å². The fraction of sp³-hybridized carbons (Fsp3) is 0.286. The van der Waals surface area contributed by atoms with E-state index in [0.29, 0.717) is 11.7 Å². The van der Waals surface area contributed by atoms with Crippen LogP contribution in [0.5, 0.6) is 0 Å². The molecule has 0 atom stereocenters. The van der Waals surface area contributed by atoms with Gasteiger partial charge >= 0.3 is 0 Å². The Morgan fingerprint density at radius 2 is 1.83 bits per heavy atom. The summed E-state index contributed by atoms with van der Waals surface area (Å²) < 4.78 is 1.84. The molecule has 2 aromatic heterocycles. The van der Waals surface area contributed by atoms with Crippen molar-refractivity contribution in [1.29, 1.82) is 0 Å². The zero-order valence-electron chi connectivity index (χ0n) is 16.0. The van der Waals surface area contributed by atoms with Crippen LogP contribution < -0.4 is 0 Å². The fourth-order valence-electron chi connectivity index (χ4n) is 3.95. The van der Waals surface area contributed by atoms with Crippen LogP contribution in [0.1, 0.15) is 30.0 Å². The second-order valence-electron chi connectivity index (χ2n) is 7.42. The molecule has 0 saturated carbocycles. The number of hydrogen-bond donors (Lipinski definition) is 1. The number of aromatic amines is 1. The number of nitrogens with one attached hydrogen (secondary N) is 1. The van der Waals surface area contributed by atoms with Crippen LogP contribution in [-0.2, 0) is 6.54 Å². The van der Waals surface area contributed by atoms with Crippen molar-refractivity contribution in [1.82, 2.24) is 40.5 Å². The molecule has 0 spiro atoms. The molecular formula is C21H22N8. The number of nitrogens with zero attached hydrogens (tertiary/aromatic N) is 7. The van der Waals surface area contributed by atoms with Crippen molar-refractivity contribution in [3.63, 3.8) is 0 Å². The third kappa shape index (κ3) is 3.93. The van der Waals surface area contributed by atoms with Crippen LogP contribution in [-0.4, -0.2) is 53.6 Å². The first-order valence-corrected chi connectivity index (χ1v) is 9.88. The van der Waals surface area contributed by atoms with Gasteiger partial charge in [-0.3, -0.25) is 4.90 Å². The summed E-state index contributed by atoms with van der Waals surface area (Å²) >= 11 is 0. The monoisotopic (exact) mass is 386 g/mol. The van der Waals surface area contributed by atoms with Crippen LogP contribution in [0, 0.1) is 0 Å². The molecule has 1 fully saturated rings. The van der Waals surface area contributed by atoms with E-state index in [9.17, 15) is 0 Å². The fourth-order valence-corrected chi connectivity index (χ4v) is 3.95. The molecule has 1 aliphatic heterocycles. The number of H-pyrrole nitrogens is 1. The summed E-state index contributed by atoms with van der Waals surface area (Å²) in [5.41, 5.74) is 4.43. The largest absolute Gasteiger partial charge is 0.297 e. The highest BCUT2D eigenvalue weighted by atomic mass is 15.5. The maximum atomic E-state index is 4.35. The van der Waals surface area contributed by atoms with Gasteiger partial charge in [-0.05, 0) is 66.0 Å². The van der Waals surface area contributed by atoms with Gasteiger partial charge in [-0.2, -0.15) is 0 Å². The van der Waals surface area contributed by atoms with Crippen LogP contribution in [0.4, 0.5) is 0 Å². The first-order valence-electron chi connectivity index (χ1n) is 9.88. The summed E-state index contributed by atoms with van der Waals surface area (Å²) in [4.78, 5) is 2.46. The maximum Gasteiger partial charge on any atom is 0.179 e. The Morgan fingerprint density at radius 1 is 0.966 bits per heavy atom. The van der Waals surface area contributed by atoms with Gasteiger partial charge in [0.1, 0.15) is 0 Å². The molecule has 0 aliphatic carbocycles. The molecule has 1 N–H and O–H groups in total. The highest BCUT2D eigenvalue weighted by Gasteiger charge is 2.22. The number of likely N-dealkylation sites (tertiary alicyclic amines) is 1. The molecule has 8 nitrogen and oxygen atoms in total. The minimum atomic E-state index is 0.557. The van der Waals surface area contributed by atoms with E-state index in [2.05, 4.69) is 54.0 Å². The minimum Gasteiger partial charge on any atom is -0.297 e. The average molecular weight is 386 g/mol. The zero-order chi connectivity index (χ0) is 19.5. The Morgan fingerprint density at radius 3 is 2.62 bits per heavy atom. The summed E-state index contributed by atoms with van der Waals surface area (Å²) in [6.07, 6.45) is 4.28. The SMILES string of the molecule is c1ccc(-n2cc(CN3CCC(c4cccc(-c5nnn[nH]5)c4)CC3)nn2)cc1. The molecular weight excluding hydrogens is 364 g/mol. The van der Waals surface area contributed by atoms with E-state index < -0.39 is 0 Å². The normalized spacial score (nSPS) is 15.6. The molecule has 0 radical (unpaired) electrons. The van der Waals surface area contributed by atoms with Crippen LogP contribution in [0.2, 0.25) is 0 Å². The zero-order valence-corrected chi connectivity index (χ0v) is 16.0. The van der Waals surface area contributed by atoms with E-state index in [1.54, 1.807) is 0 Å². The number of tetrazole rings is 1. The van der Waals surface area contributed by atoms with E-state index in [-0.39, 0.29) is 0 Å². The van der Waals surface area contributed by atoms with Gasteiger partial charge in [0.15, 0.2) is 5.82 Å². The molecule has 0 amide bonds. The lowest BCUT2D eigenvalue weighted by atomic mass is 9.88. The number of aromatic nitrogens is 7. The Bertz CT molecular complexity index is 1050. The van der Waals surface area contributed by atoms with E-state index in [0.717, 1.165) is 49.4 Å². The van der Waals surface area contributed by atoms with E-state index in [1.165, 1.54) is 5.56 Å². The highest BCUT2D eigenvalue weighted by molar-refractivity contribution is 5.55. The van der Waals surface area contributed by atoms with Crippen LogP contribution >= 0.6 is 0 Å². The molecule has 1 saturated heterocycles. The minimum absolute atomic E-state index is 0.557. The molecule has 5 rings (SSSR count). The van der Waals surface area contributed by atoms with Gasteiger partial charge in [0.05, 0.1) is 17.6 Å². The molecule has 1 aliphatic rings. The molecule has 146 valence electrons. The van der Waals surface area contributed by atoms with Crippen LogP contribution in [0.15, 0.2) is 60.8 Å². The van der Waals surface area contributed by atoms with Gasteiger partial charge in [-0.15, -0.1) is 10.2 Å². The lowest BCUT2D eigenvalue weighted by molar-refractivity contribution is 0.202. The second kappa shape index (κ2) is 7.92. The average Bonchev–Trinajstić information content (AvgIpc) is 3.48. The Kier molecular flexibility index (Phi) is 4.83. The number of piperidine rings is 1. The standard InChI is InChI=1S/C21H22N8/c1-2-7-20(8-3-1)29-15-19(22-27-29)14-28-11-9-16(10-12-28)17-5-4-6-18(13-17)21-23-25-26-24-21/h1-8,13,15-16H,9-12,14H2,(H,23,24,25,26). The molecule has 0 bridgehead atoms. The summed E-state index contributed by atoms with van der Waals surface area (Å²) in [5, 5.41) is 22.8. The highest BCUT2D eigenvalue weighted by Crippen LogP contribution is 2.30. The molecule has 0 unspecified atom stereocenters. The third-order valence-electron chi connectivity index (χ3n) is 5.51. The Labute approximate surface area is 168 Å². The van der Waals surface area contributed by atoms with Crippen molar-refractivity contribution < 1.29 is 0 Å². The second-order valence-corrected chi connectivity index (χ2v) is 7.42. The number of rotatable bonds is 5. The smallest absolute Gasteiger partial charge is 0.179 e. The summed E-state index contributed by atoms with van der Waals surface area (Å²) in [6, 6.07) is 18.6. The van der Waals surface area contributed by atoms with Gasteiger partial charge in [0, 0.05) is 12.1 Å². The quantitative estimate of drug-likeness (QED) is 0.567. The molecule has 4 aromatic rings. The van der Waals surface area contributed by atoms with Gasteiger partial charge < -0.3 is 0 Å². The topological polar surface area (TPSA) is 88.4 Å². The van der Waals surface area contributed by atoms with E-state index >= 15 is 0 Å². The molecule has 8 heteroatoms. The first kappa shape index (κ1) is 17.7. The van der Waals surface area contributed by atoms with Crippen LogP contribution in [0.3, 0.4) is 0 Å². The molecule has 3 heterocycles. The van der Waals surface area contributed by atoms with Gasteiger partial charge in [-0.25, -0.2) is 9.78 Å². The summed E-state index contributed by atoms with van der Waals surface area (Å²) in [7, 11) is 0. The number of para-hydroxylation sites is 1. The van der Waals surface area contributed by atoms with Crippen molar-refractivity contribution in [2.75, 3.05) is 13.1 Å². The van der Waals surface area contributed by atoms with Crippen molar-refractivity contribution >= 4 is 0 Å². The van der Waals surface area contributed by atoms with Crippen molar-refractivity contribution in [3.8, 4) is 17.1 Å². The lowest BCUT2D eigenvalue weighted by Gasteiger charge is -2.31. The lowest BCUT2D eigenvalue weighted by Crippen LogP contribution is -2.32. The Hall–Kier alpha value is -3.39. The van der Waals surface area contributed by atoms with Crippen molar-refractivity contribution in [2.24, 2.45) is 0 Å².